The van der Waals surface area contributed by atoms with Gasteiger partial charge in [-0.1, -0.05) is 37.3 Å². The molecule has 2 N–H and O–H groups in total. The summed E-state index contributed by atoms with van der Waals surface area (Å²) in [6, 6.07) is 15.3. The highest BCUT2D eigenvalue weighted by atomic mass is 16.3. The number of hydrogen-bond donors (Lipinski definition) is 2. The number of phenolic OH excluding ortho intramolecular Hbond substituents is 1. The third-order valence-electron chi connectivity index (χ3n) is 4.54. The number of carbonyl (C=O) groups excluding carboxylic acids is 1. The van der Waals surface area contributed by atoms with Gasteiger partial charge in [-0.15, -0.1) is 0 Å². The molecule has 130 valence electrons. The molecule has 0 bridgehead atoms. The average molecular weight is 336 g/mol. The molecule has 0 unspecified atom stereocenters. The molecule has 0 aromatic heterocycles. The second kappa shape index (κ2) is 7.99. The van der Waals surface area contributed by atoms with Gasteiger partial charge in [0.25, 0.3) is 0 Å². The summed E-state index contributed by atoms with van der Waals surface area (Å²) in [5, 5.41) is 12.3. The predicted octanol–water partition coefficient (Wildman–Crippen LogP) is 3.68. The van der Waals surface area contributed by atoms with Crippen LogP contribution in [0.2, 0.25) is 0 Å². The minimum atomic E-state index is 0.0192. The number of hydrogen-bond acceptors (Lipinski definition) is 3. The molecule has 4 heteroatoms. The molecule has 0 radical (unpaired) electrons. The van der Waals surface area contributed by atoms with Crippen molar-refractivity contribution in [3.05, 3.63) is 65.7 Å². The Morgan fingerprint density at radius 2 is 1.84 bits per heavy atom. The third kappa shape index (κ3) is 4.70. The minimum absolute atomic E-state index is 0.0192. The van der Waals surface area contributed by atoms with Gasteiger partial charge in [-0.2, -0.15) is 0 Å². The lowest BCUT2D eigenvalue weighted by atomic mass is 9.99. The van der Waals surface area contributed by atoms with Gasteiger partial charge in [-0.25, -0.2) is 0 Å². The summed E-state index contributed by atoms with van der Waals surface area (Å²) in [5.41, 5.74) is 4.52. The van der Waals surface area contributed by atoms with Crippen LogP contribution >= 0.6 is 0 Å². The molecule has 0 saturated heterocycles. The van der Waals surface area contributed by atoms with Crippen molar-refractivity contribution in [2.75, 3.05) is 25.0 Å². The zero-order valence-corrected chi connectivity index (χ0v) is 14.5. The molecule has 1 amide bonds. The van der Waals surface area contributed by atoms with E-state index in [1.807, 2.05) is 36.4 Å². The number of aryl methyl sites for hydroxylation is 1. The van der Waals surface area contributed by atoms with E-state index in [1.165, 1.54) is 11.1 Å². The van der Waals surface area contributed by atoms with Crippen molar-refractivity contribution < 1.29 is 9.90 Å². The number of anilines is 1. The number of nitrogens with zero attached hydrogens (tertiary/aromatic N) is 1. The Morgan fingerprint density at radius 1 is 1.12 bits per heavy atom. The van der Waals surface area contributed by atoms with Gasteiger partial charge >= 0.3 is 0 Å². The van der Waals surface area contributed by atoms with E-state index >= 15 is 0 Å². The molecule has 1 aliphatic rings. The van der Waals surface area contributed by atoms with Crippen molar-refractivity contribution in [1.82, 2.24) is 4.90 Å². The van der Waals surface area contributed by atoms with Gasteiger partial charge in [0.05, 0.1) is 6.54 Å². The second-order valence-electron chi connectivity index (χ2n) is 6.36. The largest absolute Gasteiger partial charge is 0.508 e. The highest BCUT2D eigenvalue weighted by molar-refractivity contribution is 5.92. The normalized spacial score (nSPS) is 14.8. The summed E-state index contributed by atoms with van der Waals surface area (Å²) < 4.78 is 0. The number of aromatic hydroxyl groups is 1. The summed E-state index contributed by atoms with van der Waals surface area (Å²) in [6.07, 6.45) is 4.07. The first kappa shape index (κ1) is 17.2. The Kier molecular flexibility index (Phi) is 5.51. The maximum absolute atomic E-state index is 12.2. The van der Waals surface area contributed by atoms with Crippen molar-refractivity contribution in [3.63, 3.8) is 0 Å². The Balaban J connectivity index is 1.52. The fraction of sp³-hybridized carbons (Fsp3) is 0.286. The molecule has 0 fully saturated rings. The Bertz CT molecular complexity index is 748. The van der Waals surface area contributed by atoms with E-state index in [4.69, 9.17) is 0 Å². The van der Waals surface area contributed by atoms with Crippen LogP contribution in [0.1, 0.15) is 24.5 Å². The maximum Gasteiger partial charge on any atom is 0.238 e. The molecule has 0 atom stereocenters. The SMILES string of the molecule is CCc1ccc(NC(=O)CN2CC=C(c3ccc(O)cc3)CC2)cc1. The summed E-state index contributed by atoms with van der Waals surface area (Å²) in [5.74, 6) is 0.302. The highest BCUT2D eigenvalue weighted by Crippen LogP contribution is 2.24. The van der Waals surface area contributed by atoms with E-state index in [0.29, 0.717) is 6.54 Å². The van der Waals surface area contributed by atoms with E-state index in [9.17, 15) is 9.90 Å². The number of phenols is 1. The molecular formula is C21H24N2O2. The molecule has 4 nitrogen and oxygen atoms in total. The second-order valence-corrected chi connectivity index (χ2v) is 6.36. The lowest BCUT2D eigenvalue weighted by Crippen LogP contribution is -2.36. The predicted molar refractivity (Wildman–Crippen MR) is 102 cm³/mol. The number of rotatable bonds is 5. The zero-order chi connectivity index (χ0) is 17.6. The molecule has 2 aromatic rings. The number of benzene rings is 2. The van der Waals surface area contributed by atoms with Crippen LogP contribution in [0.15, 0.2) is 54.6 Å². The summed E-state index contributed by atoms with van der Waals surface area (Å²) in [7, 11) is 0. The topological polar surface area (TPSA) is 52.6 Å². The van der Waals surface area contributed by atoms with Gasteiger partial charge in [0, 0.05) is 18.8 Å². The number of carbonyl (C=O) groups is 1. The van der Waals surface area contributed by atoms with Crippen LogP contribution in [0.5, 0.6) is 5.75 Å². The van der Waals surface area contributed by atoms with E-state index in [2.05, 4.69) is 23.2 Å². The highest BCUT2D eigenvalue weighted by Gasteiger charge is 2.15. The number of amides is 1. The zero-order valence-electron chi connectivity index (χ0n) is 14.5. The van der Waals surface area contributed by atoms with Crippen molar-refractivity contribution >= 4 is 17.2 Å². The van der Waals surface area contributed by atoms with E-state index in [-0.39, 0.29) is 11.7 Å². The molecule has 1 heterocycles. The molecule has 2 aromatic carbocycles. The first-order valence-electron chi connectivity index (χ1n) is 8.73. The van der Waals surface area contributed by atoms with Crippen LogP contribution in [-0.2, 0) is 11.2 Å². The summed E-state index contributed by atoms with van der Waals surface area (Å²) in [4.78, 5) is 14.4. The van der Waals surface area contributed by atoms with Crippen LogP contribution in [0, 0.1) is 0 Å². The van der Waals surface area contributed by atoms with E-state index in [0.717, 1.165) is 37.2 Å². The van der Waals surface area contributed by atoms with Crippen LogP contribution in [0.25, 0.3) is 5.57 Å². The van der Waals surface area contributed by atoms with Gasteiger partial charge in [-0.3, -0.25) is 9.69 Å². The van der Waals surface area contributed by atoms with Crippen molar-refractivity contribution in [2.45, 2.75) is 19.8 Å². The lowest BCUT2D eigenvalue weighted by Gasteiger charge is -2.26. The van der Waals surface area contributed by atoms with Crippen LogP contribution in [0.3, 0.4) is 0 Å². The fourth-order valence-electron chi connectivity index (χ4n) is 3.02. The van der Waals surface area contributed by atoms with Crippen molar-refractivity contribution in [2.24, 2.45) is 0 Å². The van der Waals surface area contributed by atoms with Crippen molar-refractivity contribution in [1.29, 1.82) is 0 Å². The molecular weight excluding hydrogens is 312 g/mol. The minimum Gasteiger partial charge on any atom is -0.508 e. The fourth-order valence-corrected chi connectivity index (χ4v) is 3.02. The molecule has 0 spiro atoms. The molecule has 0 aliphatic carbocycles. The van der Waals surface area contributed by atoms with Gasteiger partial charge in [0.2, 0.25) is 5.91 Å². The van der Waals surface area contributed by atoms with E-state index in [1.54, 1.807) is 12.1 Å². The first-order chi connectivity index (χ1) is 12.1. The Labute approximate surface area is 148 Å². The first-order valence-corrected chi connectivity index (χ1v) is 8.73. The molecule has 25 heavy (non-hydrogen) atoms. The Hall–Kier alpha value is -2.59. The monoisotopic (exact) mass is 336 g/mol. The average Bonchev–Trinajstić information content (AvgIpc) is 2.64. The third-order valence-corrected chi connectivity index (χ3v) is 4.54. The van der Waals surface area contributed by atoms with Gasteiger partial charge in [0.15, 0.2) is 0 Å². The van der Waals surface area contributed by atoms with E-state index < -0.39 is 0 Å². The quantitative estimate of drug-likeness (QED) is 0.876. The van der Waals surface area contributed by atoms with Crippen LogP contribution in [0.4, 0.5) is 5.69 Å². The van der Waals surface area contributed by atoms with Gasteiger partial charge < -0.3 is 10.4 Å². The molecule has 0 saturated carbocycles. The number of nitrogens with one attached hydrogen (secondary N) is 1. The lowest BCUT2D eigenvalue weighted by molar-refractivity contribution is -0.117. The van der Waals surface area contributed by atoms with Crippen molar-refractivity contribution in [3.8, 4) is 5.75 Å². The summed E-state index contributed by atoms with van der Waals surface area (Å²) >= 11 is 0. The van der Waals surface area contributed by atoms with Crippen LogP contribution < -0.4 is 5.32 Å². The molecule has 3 rings (SSSR count). The standard InChI is InChI=1S/C21H24N2O2/c1-2-16-3-7-19(8-4-16)22-21(25)15-23-13-11-18(12-14-23)17-5-9-20(24)10-6-17/h3-11,24H,2,12-15H2,1H3,(H,22,25). The van der Waals surface area contributed by atoms with Gasteiger partial charge in [0.1, 0.15) is 5.75 Å². The summed E-state index contributed by atoms with van der Waals surface area (Å²) in [6.45, 7) is 4.13. The van der Waals surface area contributed by atoms with Gasteiger partial charge in [-0.05, 0) is 53.8 Å². The molecule has 1 aliphatic heterocycles. The maximum atomic E-state index is 12.2. The van der Waals surface area contributed by atoms with Crippen LogP contribution in [-0.4, -0.2) is 35.5 Å². The Morgan fingerprint density at radius 3 is 2.44 bits per heavy atom. The smallest absolute Gasteiger partial charge is 0.238 e.